The number of aromatic nitrogens is 1. The van der Waals surface area contributed by atoms with E-state index in [9.17, 15) is 14.5 Å². The van der Waals surface area contributed by atoms with Gasteiger partial charge in [-0.1, -0.05) is 18.2 Å². The minimum atomic E-state index is -0.525. The Bertz CT molecular complexity index is 869. The fourth-order valence-corrected chi connectivity index (χ4v) is 2.64. The summed E-state index contributed by atoms with van der Waals surface area (Å²) in [6, 6.07) is 11.5. The minimum absolute atomic E-state index is 0.300. The predicted molar refractivity (Wildman–Crippen MR) is 84.4 cm³/mol. The third-order valence-electron chi connectivity index (χ3n) is 3.22. The second kappa shape index (κ2) is 5.61. The highest BCUT2D eigenvalue weighted by Crippen LogP contribution is 2.33. The zero-order valence-electron chi connectivity index (χ0n) is 11.2. The summed E-state index contributed by atoms with van der Waals surface area (Å²) < 4.78 is 12.5. The molecule has 3 rings (SSSR count). The van der Waals surface area contributed by atoms with E-state index in [2.05, 4.69) is 4.98 Å². The van der Waals surface area contributed by atoms with Gasteiger partial charge in [0.25, 0.3) is 11.9 Å². The smallest absolute Gasteiger partial charge is 0.269 e. The molecule has 7 heteroatoms. The van der Waals surface area contributed by atoms with Crippen molar-refractivity contribution in [1.29, 1.82) is 0 Å². The molecule has 22 heavy (non-hydrogen) atoms. The van der Waals surface area contributed by atoms with Crippen molar-refractivity contribution < 1.29 is 8.72 Å². The van der Waals surface area contributed by atoms with Crippen molar-refractivity contribution in [2.75, 3.05) is 5.73 Å². The maximum absolute atomic E-state index is 13.0. The van der Waals surface area contributed by atoms with E-state index in [-0.39, 0.29) is 5.82 Å². The van der Waals surface area contributed by atoms with Crippen molar-refractivity contribution in [3.63, 3.8) is 0 Å². The van der Waals surface area contributed by atoms with Gasteiger partial charge in [-0.05, 0) is 35.4 Å². The molecular weight excluding hydrogens is 305 g/mol. The molecule has 0 atom stereocenters. The van der Waals surface area contributed by atoms with Crippen LogP contribution in [0.25, 0.3) is 22.0 Å². The molecule has 0 saturated heterocycles. The molecule has 0 aliphatic rings. The quantitative estimate of drug-likeness (QED) is 0.450. The number of nitrogens with zero attached hydrogens (tertiary/aromatic N) is 2. The van der Waals surface area contributed by atoms with Crippen molar-refractivity contribution in [3.8, 4) is 11.1 Å². The standard InChI is InChI=1S/C15H10FN3O2S/c16-11-4-1-9(2-5-11)10-3-6-13-12(7-10)15(17)14(8-18-13)22-19(20)21/h1-8H,(H2,17,18). The van der Waals surface area contributed by atoms with Crippen LogP contribution < -0.4 is 5.73 Å². The van der Waals surface area contributed by atoms with Gasteiger partial charge in [0.05, 0.1) is 11.2 Å². The summed E-state index contributed by atoms with van der Waals surface area (Å²) >= 11 is 0.429. The zero-order chi connectivity index (χ0) is 15.7. The number of rotatable bonds is 3. The lowest BCUT2D eigenvalue weighted by atomic mass is 10.0. The molecule has 1 heterocycles. The molecule has 1 aromatic heterocycles. The van der Waals surface area contributed by atoms with E-state index in [0.717, 1.165) is 11.1 Å². The summed E-state index contributed by atoms with van der Waals surface area (Å²) in [6.07, 6.45) is 1.39. The van der Waals surface area contributed by atoms with Gasteiger partial charge in [0.1, 0.15) is 15.0 Å². The van der Waals surface area contributed by atoms with Gasteiger partial charge in [-0.25, -0.2) is 4.39 Å². The van der Waals surface area contributed by atoms with Crippen molar-refractivity contribution in [2.24, 2.45) is 0 Å². The van der Waals surface area contributed by atoms with Gasteiger partial charge in [-0.2, -0.15) is 0 Å². The summed E-state index contributed by atoms with van der Waals surface area (Å²) in [7, 11) is 0. The van der Waals surface area contributed by atoms with E-state index in [0.29, 0.717) is 33.4 Å². The predicted octanol–water partition coefficient (Wildman–Crippen LogP) is 3.91. The van der Waals surface area contributed by atoms with Crippen LogP contribution in [0.3, 0.4) is 0 Å². The summed E-state index contributed by atoms with van der Waals surface area (Å²) in [5.41, 5.74) is 8.64. The molecule has 0 fully saturated rings. The number of halogens is 1. The molecule has 0 radical (unpaired) electrons. The summed E-state index contributed by atoms with van der Waals surface area (Å²) in [6.45, 7) is 0. The lowest BCUT2D eigenvalue weighted by Crippen LogP contribution is -1.95. The Morgan fingerprint density at radius 1 is 1.14 bits per heavy atom. The molecule has 0 unspecified atom stereocenters. The molecule has 3 aromatic rings. The van der Waals surface area contributed by atoms with Gasteiger partial charge in [0.15, 0.2) is 0 Å². The van der Waals surface area contributed by atoms with Crippen LogP contribution in [0.2, 0.25) is 0 Å². The van der Waals surface area contributed by atoms with Crippen LogP contribution in [0.15, 0.2) is 53.6 Å². The van der Waals surface area contributed by atoms with Crippen molar-refractivity contribution in [3.05, 3.63) is 64.6 Å². The molecule has 2 aromatic carbocycles. The van der Waals surface area contributed by atoms with E-state index in [4.69, 9.17) is 5.73 Å². The number of nitrogens with two attached hydrogens (primary N) is 1. The summed E-state index contributed by atoms with van der Waals surface area (Å²) in [4.78, 5) is 15.1. The maximum atomic E-state index is 13.0. The molecule has 2 N–H and O–H groups in total. The summed E-state index contributed by atoms with van der Waals surface area (Å²) in [5, 5.41) is 11.3. The van der Waals surface area contributed by atoms with E-state index in [1.807, 2.05) is 6.07 Å². The van der Waals surface area contributed by atoms with Crippen LogP contribution in [-0.4, -0.2) is 9.31 Å². The number of nitrogen functional groups attached to an aromatic ring is 1. The van der Waals surface area contributed by atoms with Crippen LogP contribution in [0.4, 0.5) is 10.1 Å². The second-order valence-corrected chi connectivity index (χ2v) is 5.51. The molecule has 0 spiro atoms. The largest absolute Gasteiger partial charge is 0.397 e. The van der Waals surface area contributed by atoms with Crippen molar-refractivity contribution >= 4 is 28.5 Å². The second-order valence-electron chi connectivity index (χ2n) is 4.59. The number of hydrogen-bond donors (Lipinski definition) is 1. The van der Waals surface area contributed by atoms with Crippen LogP contribution in [-0.2, 0) is 0 Å². The van der Waals surface area contributed by atoms with Crippen LogP contribution >= 0.6 is 11.9 Å². The number of benzene rings is 2. The fraction of sp³-hybridized carbons (Fsp3) is 0. The molecule has 0 amide bonds. The van der Waals surface area contributed by atoms with Crippen molar-refractivity contribution in [2.45, 2.75) is 4.90 Å². The number of pyridine rings is 1. The summed E-state index contributed by atoms with van der Waals surface area (Å²) in [5.74, 6) is -0.310. The number of nitro groups is 1. The molecule has 110 valence electrons. The average molecular weight is 315 g/mol. The number of fused-ring (bicyclic) bond motifs is 1. The Morgan fingerprint density at radius 3 is 2.50 bits per heavy atom. The zero-order valence-corrected chi connectivity index (χ0v) is 12.0. The van der Waals surface area contributed by atoms with Gasteiger partial charge in [0, 0.05) is 11.6 Å². The lowest BCUT2D eigenvalue weighted by Gasteiger charge is -2.07. The Hall–Kier alpha value is -2.67. The van der Waals surface area contributed by atoms with Gasteiger partial charge in [0.2, 0.25) is 0 Å². The first-order valence-corrected chi connectivity index (χ1v) is 7.08. The molecule has 5 nitrogen and oxygen atoms in total. The Kier molecular flexibility index (Phi) is 3.64. The first-order chi connectivity index (χ1) is 10.5. The van der Waals surface area contributed by atoms with Gasteiger partial charge >= 0.3 is 0 Å². The average Bonchev–Trinajstić information content (AvgIpc) is 2.50. The first-order valence-electron chi connectivity index (χ1n) is 6.31. The molecule has 0 saturated carbocycles. The highest BCUT2D eigenvalue weighted by Gasteiger charge is 2.14. The van der Waals surface area contributed by atoms with E-state index >= 15 is 0 Å². The van der Waals surface area contributed by atoms with Crippen LogP contribution in [0, 0.1) is 15.9 Å². The van der Waals surface area contributed by atoms with Crippen molar-refractivity contribution in [1.82, 2.24) is 4.98 Å². The minimum Gasteiger partial charge on any atom is -0.397 e. The topological polar surface area (TPSA) is 82.0 Å². The molecule has 0 aliphatic heterocycles. The normalized spacial score (nSPS) is 10.8. The third-order valence-corrected chi connectivity index (χ3v) is 3.89. The van der Waals surface area contributed by atoms with Gasteiger partial charge in [-0.15, -0.1) is 0 Å². The number of anilines is 1. The molecular formula is C15H10FN3O2S. The van der Waals surface area contributed by atoms with Crippen LogP contribution in [0.1, 0.15) is 0 Å². The molecule has 0 bridgehead atoms. The fourth-order valence-electron chi connectivity index (χ4n) is 2.17. The van der Waals surface area contributed by atoms with E-state index in [1.54, 1.807) is 24.3 Å². The SMILES string of the molecule is Nc1c(S[N+](=O)[O-])cnc2ccc(-c3ccc(F)cc3)cc12. The lowest BCUT2D eigenvalue weighted by molar-refractivity contribution is -0.284. The Labute approximate surface area is 129 Å². The Balaban J connectivity index is 2.13. The first kappa shape index (κ1) is 14.3. The van der Waals surface area contributed by atoms with Gasteiger partial charge < -0.3 is 5.73 Å². The van der Waals surface area contributed by atoms with Crippen LogP contribution in [0.5, 0.6) is 0 Å². The molecule has 0 aliphatic carbocycles. The van der Waals surface area contributed by atoms with Gasteiger partial charge in [-0.3, -0.25) is 15.1 Å². The Morgan fingerprint density at radius 2 is 1.82 bits per heavy atom. The number of hydrogen-bond acceptors (Lipinski definition) is 5. The highest BCUT2D eigenvalue weighted by atomic mass is 32.2. The highest BCUT2D eigenvalue weighted by molar-refractivity contribution is 7.93. The maximum Gasteiger partial charge on any atom is 0.269 e. The third kappa shape index (κ3) is 2.71. The monoisotopic (exact) mass is 315 g/mol. The van der Waals surface area contributed by atoms with E-state index in [1.165, 1.54) is 18.3 Å². The van der Waals surface area contributed by atoms with E-state index < -0.39 is 4.33 Å².